The van der Waals surface area contributed by atoms with Crippen molar-refractivity contribution >= 4 is 35.2 Å². The van der Waals surface area contributed by atoms with E-state index in [1.165, 1.54) is 11.8 Å². The number of fused-ring (bicyclic) bond motifs is 1. The van der Waals surface area contributed by atoms with Crippen molar-refractivity contribution in [3.05, 3.63) is 60.2 Å². The highest BCUT2D eigenvalue weighted by molar-refractivity contribution is 8.01. The van der Waals surface area contributed by atoms with Gasteiger partial charge in [0.1, 0.15) is 0 Å². The highest BCUT2D eigenvalue weighted by Crippen LogP contribution is 2.36. The zero-order chi connectivity index (χ0) is 20.6. The lowest BCUT2D eigenvalue weighted by Gasteiger charge is -2.24. The first kappa shape index (κ1) is 20.9. The van der Waals surface area contributed by atoms with Gasteiger partial charge in [-0.2, -0.15) is 0 Å². The zero-order valence-electron chi connectivity index (χ0n) is 16.2. The molecular weight excluding hydrogens is 388 g/mol. The first-order chi connectivity index (χ1) is 14.1. The van der Waals surface area contributed by atoms with Crippen LogP contribution in [-0.2, 0) is 25.5 Å². The topological polar surface area (TPSA) is 84.5 Å². The van der Waals surface area contributed by atoms with Gasteiger partial charge in [-0.15, -0.1) is 11.8 Å². The molecule has 0 fully saturated rings. The van der Waals surface area contributed by atoms with Crippen LogP contribution in [0.4, 0.5) is 5.69 Å². The lowest BCUT2D eigenvalue weighted by Crippen LogP contribution is -2.38. The summed E-state index contributed by atoms with van der Waals surface area (Å²) in [5.41, 5.74) is 1.77. The second-order valence-corrected chi connectivity index (χ2v) is 7.98. The number of ether oxygens (including phenoxy) is 1. The van der Waals surface area contributed by atoms with Crippen molar-refractivity contribution in [3.8, 4) is 0 Å². The summed E-state index contributed by atoms with van der Waals surface area (Å²) in [5, 5.41) is 5.14. The fourth-order valence-corrected chi connectivity index (χ4v) is 4.21. The average Bonchev–Trinajstić information content (AvgIpc) is 2.72. The van der Waals surface area contributed by atoms with Gasteiger partial charge in [-0.3, -0.25) is 14.4 Å². The van der Waals surface area contributed by atoms with Crippen molar-refractivity contribution < 1.29 is 19.1 Å². The Morgan fingerprint density at radius 3 is 2.62 bits per heavy atom. The summed E-state index contributed by atoms with van der Waals surface area (Å²) >= 11 is 1.38. The van der Waals surface area contributed by atoms with Crippen LogP contribution in [0.5, 0.6) is 0 Å². The quantitative estimate of drug-likeness (QED) is 0.651. The molecule has 1 aliphatic rings. The van der Waals surface area contributed by atoms with Crippen LogP contribution in [0.2, 0.25) is 0 Å². The second-order valence-electron chi connectivity index (χ2n) is 6.74. The minimum absolute atomic E-state index is 0.0473. The standard InChI is InChI=1S/C22H24N2O4S/c1-2-28-22(27)16(12-15-8-4-3-5-9-15)14-23-20(25)13-19-21(26)24-17-10-6-7-11-18(17)29-19/h3-11,16,19H,2,12-14H2,1H3,(H,23,25)(H,24,26). The molecule has 2 aromatic rings. The Labute approximate surface area is 174 Å². The minimum atomic E-state index is -0.500. The normalized spacial score (nSPS) is 16.3. The Kier molecular flexibility index (Phi) is 7.30. The number of hydrogen-bond acceptors (Lipinski definition) is 5. The number of carbonyl (C=O) groups excluding carboxylic acids is 3. The van der Waals surface area contributed by atoms with E-state index in [4.69, 9.17) is 4.74 Å². The van der Waals surface area contributed by atoms with Gasteiger partial charge in [-0.05, 0) is 31.0 Å². The molecule has 2 unspecified atom stereocenters. The second kappa shape index (κ2) is 10.1. The Morgan fingerprint density at radius 2 is 1.86 bits per heavy atom. The Bertz CT molecular complexity index is 872. The van der Waals surface area contributed by atoms with Crippen LogP contribution in [0.25, 0.3) is 0 Å². The molecule has 3 rings (SSSR count). The van der Waals surface area contributed by atoms with E-state index >= 15 is 0 Å². The number of thioether (sulfide) groups is 1. The van der Waals surface area contributed by atoms with Gasteiger partial charge in [0.2, 0.25) is 11.8 Å². The zero-order valence-corrected chi connectivity index (χ0v) is 17.0. The highest BCUT2D eigenvalue weighted by Gasteiger charge is 2.29. The summed E-state index contributed by atoms with van der Waals surface area (Å²) in [7, 11) is 0. The van der Waals surface area contributed by atoms with E-state index in [0.29, 0.717) is 6.42 Å². The number of carbonyl (C=O) groups is 3. The van der Waals surface area contributed by atoms with Gasteiger partial charge >= 0.3 is 5.97 Å². The SMILES string of the molecule is CCOC(=O)C(CNC(=O)CC1Sc2ccccc2NC1=O)Cc1ccccc1. The Morgan fingerprint density at radius 1 is 1.14 bits per heavy atom. The fourth-order valence-electron chi connectivity index (χ4n) is 3.10. The lowest BCUT2D eigenvalue weighted by molar-refractivity contribution is -0.148. The maximum Gasteiger partial charge on any atom is 0.311 e. The van der Waals surface area contributed by atoms with Crippen molar-refractivity contribution in [1.29, 1.82) is 0 Å². The number of hydrogen-bond donors (Lipinski definition) is 2. The van der Waals surface area contributed by atoms with Crippen LogP contribution in [0.15, 0.2) is 59.5 Å². The smallest absolute Gasteiger partial charge is 0.311 e. The van der Waals surface area contributed by atoms with Gasteiger partial charge in [-0.1, -0.05) is 42.5 Å². The van der Waals surface area contributed by atoms with Crippen LogP contribution in [0, 0.1) is 5.92 Å². The van der Waals surface area contributed by atoms with E-state index in [9.17, 15) is 14.4 Å². The average molecular weight is 413 g/mol. The first-order valence-electron chi connectivity index (χ1n) is 9.60. The van der Waals surface area contributed by atoms with Gasteiger partial charge in [0.05, 0.1) is 23.5 Å². The molecule has 6 nitrogen and oxygen atoms in total. The third-order valence-electron chi connectivity index (χ3n) is 4.57. The van der Waals surface area contributed by atoms with Crippen LogP contribution >= 0.6 is 11.8 Å². The predicted octanol–water partition coefficient (Wildman–Crippen LogP) is 3.03. The largest absolute Gasteiger partial charge is 0.466 e. The van der Waals surface area contributed by atoms with Crippen LogP contribution in [-0.4, -0.2) is 36.2 Å². The Balaban J connectivity index is 1.57. The third kappa shape index (κ3) is 5.84. The molecule has 0 radical (unpaired) electrons. The molecule has 1 heterocycles. The summed E-state index contributed by atoms with van der Waals surface area (Å²) in [5.74, 6) is -1.26. The Hall–Kier alpha value is -2.80. The minimum Gasteiger partial charge on any atom is -0.466 e. The summed E-state index contributed by atoms with van der Waals surface area (Å²) in [6.07, 6.45) is 0.526. The van der Waals surface area contributed by atoms with Gasteiger partial charge in [0, 0.05) is 17.9 Å². The summed E-state index contributed by atoms with van der Waals surface area (Å²) in [6, 6.07) is 17.1. The molecule has 7 heteroatoms. The summed E-state index contributed by atoms with van der Waals surface area (Å²) < 4.78 is 5.16. The summed E-state index contributed by atoms with van der Waals surface area (Å²) in [4.78, 5) is 38.0. The molecule has 1 aliphatic heterocycles. The predicted molar refractivity (Wildman–Crippen MR) is 113 cm³/mol. The van der Waals surface area contributed by atoms with Crippen molar-refractivity contribution in [2.75, 3.05) is 18.5 Å². The van der Waals surface area contributed by atoms with Crippen molar-refractivity contribution in [2.45, 2.75) is 29.9 Å². The fraction of sp³-hybridized carbons (Fsp3) is 0.318. The monoisotopic (exact) mass is 412 g/mol. The van der Waals surface area contributed by atoms with Crippen molar-refractivity contribution in [1.82, 2.24) is 5.32 Å². The third-order valence-corrected chi connectivity index (χ3v) is 5.84. The molecule has 0 bridgehead atoms. The molecule has 0 saturated heterocycles. The lowest BCUT2D eigenvalue weighted by atomic mass is 9.99. The molecule has 2 atom stereocenters. The van der Waals surface area contributed by atoms with Crippen molar-refractivity contribution in [2.24, 2.45) is 5.92 Å². The van der Waals surface area contributed by atoms with E-state index in [1.807, 2.05) is 54.6 Å². The van der Waals surface area contributed by atoms with E-state index < -0.39 is 11.2 Å². The van der Waals surface area contributed by atoms with E-state index in [1.54, 1.807) is 6.92 Å². The molecular formula is C22H24N2O4S. The van der Waals surface area contributed by atoms with Crippen LogP contribution < -0.4 is 10.6 Å². The van der Waals surface area contributed by atoms with E-state index in [0.717, 1.165) is 16.1 Å². The van der Waals surface area contributed by atoms with Gasteiger partial charge in [0.15, 0.2) is 0 Å². The van der Waals surface area contributed by atoms with Gasteiger partial charge in [-0.25, -0.2) is 0 Å². The van der Waals surface area contributed by atoms with Gasteiger partial charge < -0.3 is 15.4 Å². The number of esters is 1. The molecule has 2 N–H and O–H groups in total. The molecule has 152 valence electrons. The molecule has 0 saturated carbocycles. The first-order valence-corrected chi connectivity index (χ1v) is 10.5. The number of para-hydroxylation sites is 1. The van der Waals surface area contributed by atoms with E-state index in [2.05, 4.69) is 10.6 Å². The molecule has 0 aliphatic carbocycles. The van der Waals surface area contributed by atoms with Gasteiger partial charge in [0.25, 0.3) is 0 Å². The number of rotatable bonds is 8. The number of anilines is 1. The molecule has 2 aromatic carbocycles. The van der Waals surface area contributed by atoms with Crippen LogP contribution in [0.3, 0.4) is 0 Å². The van der Waals surface area contributed by atoms with E-state index in [-0.39, 0.29) is 37.4 Å². The van der Waals surface area contributed by atoms with Crippen molar-refractivity contribution in [3.63, 3.8) is 0 Å². The highest BCUT2D eigenvalue weighted by atomic mass is 32.2. The maximum absolute atomic E-state index is 12.4. The number of nitrogens with one attached hydrogen (secondary N) is 2. The summed E-state index contributed by atoms with van der Waals surface area (Å²) in [6.45, 7) is 2.21. The molecule has 29 heavy (non-hydrogen) atoms. The molecule has 0 spiro atoms. The number of amides is 2. The molecule has 2 amide bonds. The van der Waals surface area contributed by atoms with Crippen LogP contribution in [0.1, 0.15) is 18.9 Å². The molecule has 0 aromatic heterocycles. The number of benzene rings is 2. The maximum atomic E-state index is 12.4.